The van der Waals surface area contributed by atoms with E-state index in [0.717, 1.165) is 44.7 Å². The first-order chi connectivity index (χ1) is 8.65. The zero-order chi connectivity index (χ0) is 13.4. The van der Waals surface area contributed by atoms with Gasteiger partial charge in [0.15, 0.2) is 0 Å². The molecule has 1 rings (SSSR count). The molecule has 0 saturated heterocycles. The maximum Gasteiger partial charge on any atom is 0.306 e. The fourth-order valence-electron chi connectivity index (χ4n) is 2.96. The average molecular weight is 255 g/mol. The van der Waals surface area contributed by atoms with E-state index in [4.69, 9.17) is 5.11 Å². The van der Waals surface area contributed by atoms with Crippen molar-refractivity contribution < 1.29 is 9.90 Å². The van der Waals surface area contributed by atoms with Crippen molar-refractivity contribution in [2.75, 3.05) is 13.6 Å². The van der Waals surface area contributed by atoms with Gasteiger partial charge in [-0.1, -0.05) is 32.6 Å². The van der Waals surface area contributed by atoms with E-state index < -0.39 is 5.97 Å². The van der Waals surface area contributed by atoms with Gasteiger partial charge in [0.25, 0.3) is 0 Å². The highest BCUT2D eigenvalue weighted by Crippen LogP contribution is 2.23. The smallest absolute Gasteiger partial charge is 0.306 e. The van der Waals surface area contributed by atoms with Gasteiger partial charge in [-0.3, -0.25) is 4.79 Å². The minimum absolute atomic E-state index is 0.123. The topological polar surface area (TPSA) is 40.5 Å². The number of carboxylic acids is 1. The Morgan fingerprint density at radius 2 is 1.89 bits per heavy atom. The van der Waals surface area contributed by atoms with E-state index in [1.807, 2.05) is 0 Å². The molecule has 1 saturated carbocycles. The fourth-order valence-corrected chi connectivity index (χ4v) is 2.96. The summed E-state index contributed by atoms with van der Waals surface area (Å²) in [5.74, 6) is -0.728. The maximum atomic E-state index is 11.1. The SMILES string of the molecule is CCCCC(CCCN(C)C1CCCC1)C(=O)O. The van der Waals surface area contributed by atoms with Gasteiger partial charge in [0.1, 0.15) is 0 Å². The van der Waals surface area contributed by atoms with Crippen molar-refractivity contribution in [2.45, 2.75) is 70.8 Å². The van der Waals surface area contributed by atoms with Crippen molar-refractivity contribution in [2.24, 2.45) is 5.92 Å². The third kappa shape index (κ3) is 5.38. The van der Waals surface area contributed by atoms with E-state index in [-0.39, 0.29) is 5.92 Å². The van der Waals surface area contributed by atoms with E-state index >= 15 is 0 Å². The van der Waals surface area contributed by atoms with Crippen LogP contribution in [0.5, 0.6) is 0 Å². The second-order valence-corrected chi connectivity index (χ2v) is 5.74. The molecule has 1 atom stereocenters. The van der Waals surface area contributed by atoms with Crippen molar-refractivity contribution in [1.29, 1.82) is 0 Å². The summed E-state index contributed by atoms with van der Waals surface area (Å²) in [5.41, 5.74) is 0. The molecule has 0 spiro atoms. The first-order valence-electron chi connectivity index (χ1n) is 7.58. The molecule has 3 nitrogen and oxygen atoms in total. The molecule has 0 radical (unpaired) electrons. The first kappa shape index (κ1) is 15.5. The molecule has 0 amide bonds. The lowest BCUT2D eigenvalue weighted by atomic mass is 9.97. The van der Waals surface area contributed by atoms with Crippen LogP contribution in [0.15, 0.2) is 0 Å². The highest BCUT2D eigenvalue weighted by atomic mass is 16.4. The number of hydrogen-bond donors (Lipinski definition) is 1. The van der Waals surface area contributed by atoms with Gasteiger partial charge in [-0.25, -0.2) is 0 Å². The van der Waals surface area contributed by atoms with E-state index in [2.05, 4.69) is 18.9 Å². The molecule has 3 heteroatoms. The quantitative estimate of drug-likeness (QED) is 0.685. The predicted octanol–water partition coefficient (Wildman–Crippen LogP) is 3.53. The van der Waals surface area contributed by atoms with Crippen molar-refractivity contribution in [3.63, 3.8) is 0 Å². The highest BCUT2D eigenvalue weighted by Gasteiger charge is 2.20. The van der Waals surface area contributed by atoms with Crippen LogP contribution in [-0.2, 0) is 4.79 Å². The molecule has 0 aliphatic heterocycles. The molecule has 1 unspecified atom stereocenters. The molecular weight excluding hydrogens is 226 g/mol. The Morgan fingerprint density at radius 1 is 1.28 bits per heavy atom. The number of carboxylic acid groups (broad SMARTS) is 1. The van der Waals surface area contributed by atoms with Gasteiger partial charge in [0.2, 0.25) is 0 Å². The van der Waals surface area contributed by atoms with Crippen LogP contribution >= 0.6 is 0 Å². The zero-order valence-electron chi connectivity index (χ0n) is 12.0. The van der Waals surface area contributed by atoms with E-state index in [1.54, 1.807) is 0 Å². The third-order valence-electron chi connectivity index (χ3n) is 4.27. The average Bonchev–Trinajstić information content (AvgIpc) is 2.86. The second kappa shape index (κ2) is 8.52. The van der Waals surface area contributed by atoms with Gasteiger partial charge in [-0.15, -0.1) is 0 Å². The van der Waals surface area contributed by atoms with Crippen LogP contribution < -0.4 is 0 Å². The van der Waals surface area contributed by atoms with Crippen molar-refractivity contribution >= 4 is 5.97 Å². The number of unbranched alkanes of at least 4 members (excludes halogenated alkanes) is 1. The molecule has 0 aromatic heterocycles. The molecule has 106 valence electrons. The lowest BCUT2D eigenvalue weighted by molar-refractivity contribution is -0.142. The number of aliphatic carboxylic acids is 1. The van der Waals surface area contributed by atoms with E-state index in [0.29, 0.717) is 0 Å². The minimum Gasteiger partial charge on any atom is -0.481 e. The molecule has 0 bridgehead atoms. The molecule has 0 aromatic rings. The Labute approximate surface area is 112 Å². The third-order valence-corrected chi connectivity index (χ3v) is 4.27. The second-order valence-electron chi connectivity index (χ2n) is 5.74. The normalized spacial score (nSPS) is 18.4. The number of nitrogens with zero attached hydrogens (tertiary/aromatic N) is 1. The van der Waals surface area contributed by atoms with Gasteiger partial charge in [0.05, 0.1) is 5.92 Å². The Hall–Kier alpha value is -0.570. The summed E-state index contributed by atoms with van der Waals surface area (Å²) in [6.45, 7) is 3.17. The Balaban J connectivity index is 2.18. The van der Waals surface area contributed by atoms with Crippen LogP contribution in [0.25, 0.3) is 0 Å². The molecule has 1 N–H and O–H groups in total. The number of hydrogen-bond acceptors (Lipinski definition) is 2. The van der Waals surface area contributed by atoms with Crippen LogP contribution in [0, 0.1) is 5.92 Å². The van der Waals surface area contributed by atoms with Gasteiger partial charge < -0.3 is 10.0 Å². The van der Waals surface area contributed by atoms with Crippen LogP contribution in [0.2, 0.25) is 0 Å². The van der Waals surface area contributed by atoms with Gasteiger partial charge in [-0.2, -0.15) is 0 Å². The van der Waals surface area contributed by atoms with Crippen LogP contribution in [0.4, 0.5) is 0 Å². The Morgan fingerprint density at radius 3 is 2.44 bits per heavy atom. The molecule has 0 heterocycles. The number of rotatable bonds is 9. The zero-order valence-corrected chi connectivity index (χ0v) is 12.0. The summed E-state index contributed by atoms with van der Waals surface area (Å²) in [6, 6.07) is 0.754. The van der Waals surface area contributed by atoms with Crippen molar-refractivity contribution in [1.82, 2.24) is 4.90 Å². The predicted molar refractivity (Wildman–Crippen MR) is 74.8 cm³/mol. The Kier molecular flexibility index (Phi) is 7.33. The summed E-state index contributed by atoms with van der Waals surface area (Å²) < 4.78 is 0. The lowest BCUT2D eigenvalue weighted by Crippen LogP contribution is -2.30. The first-order valence-corrected chi connectivity index (χ1v) is 7.58. The largest absolute Gasteiger partial charge is 0.481 e. The standard InChI is InChI=1S/C15H29NO2/c1-3-4-8-13(15(17)18)9-7-12-16(2)14-10-5-6-11-14/h13-14H,3-12H2,1-2H3,(H,17,18). The highest BCUT2D eigenvalue weighted by molar-refractivity contribution is 5.69. The monoisotopic (exact) mass is 255 g/mol. The summed E-state index contributed by atoms with van der Waals surface area (Å²) in [5, 5.41) is 9.16. The molecule has 1 fully saturated rings. The maximum absolute atomic E-state index is 11.1. The van der Waals surface area contributed by atoms with Crippen LogP contribution in [-0.4, -0.2) is 35.6 Å². The van der Waals surface area contributed by atoms with Gasteiger partial charge >= 0.3 is 5.97 Å². The van der Waals surface area contributed by atoms with Crippen molar-refractivity contribution in [3.05, 3.63) is 0 Å². The minimum atomic E-state index is -0.605. The van der Waals surface area contributed by atoms with Crippen molar-refractivity contribution in [3.8, 4) is 0 Å². The Bertz CT molecular complexity index is 237. The summed E-state index contributed by atoms with van der Waals surface area (Å²) in [4.78, 5) is 13.6. The summed E-state index contributed by atoms with van der Waals surface area (Å²) in [7, 11) is 2.19. The van der Waals surface area contributed by atoms with Gasteiger partial charge in [0, 0.05) is 6.04 Å². The summed E-state index contributed by atoms with van der Waals surface area (Å²) in [6.07, 6.45) is 10.2. The fraction of sp³-hybridized carbons (Fsp3) is 0.933. The van der Waals surface area contributed by atoms with E-state index in [9.17, 15) is 4.79 Å². The molecule has 1 aliphatic rings. The molecule has 1 aliphatic carbocycles. The summed E-state index contributed by atoms with van der Waals surface area (Å²) >= 11 is 0. The molecule has 18 heavy (non-hydrogen) atoms. The van der Waals surface area contributed by atoms with Crippen LogP contribution in [0.3, 0.4) is 0 Å². The lowest BCUT2D eigenvalue weighted by Gasteiger charge is -2.24. The molecular formula is C15H29NO2. The van der Waals surface area contributed by atoms with E-state index in [1.165, 1.54) is 25.7 Å². The molecule has 0 aromatic carbocycles. The van der Waals surface area contributed by atoms with Gasteiger partial charge in [-0.05, 0) is 45.7 Å². The number of carbonyl (C=O) groups is 1. The van der Waals surface area contributed by atoms with Crippen LogP contribution in [0.1, 0.15) is 64.7 Å².